The highest BCUT2D eigenvalue weighted by atomic mass is 16.5. The van der Waals surface area contributed by atoms with Crippen molar-refractivity contribution in [3.63, 3.8) is 0 Å². The molecule has 0 bridgehead atoms. The van der Waals surface area contributed by atoms with Crippen LogP contribution in [0.25, 0.3) is 0 Å². The largest absolute Gasteiger partial charge is 0.373 e. The summed E-state index contributed by atoms with van der Waals surface area (Å²) in [4.78, 5) is 16.0. The van der Waals surface area contributed by atoms with Crippen LogP contribution in [0.5, 0.6) is 0 Å². The van der Waals surface area contributed by atoms with E-state index in [0.717, 1.165) is 24.0 Å². The van der Waals surface area contributed by atoms with E-state index in [4.69, 9.17) is 4.74 Å². The molecule has 0 fully saturated rings. The number of Topliss-reactive ketones (excluding diaryl/α,β-unsaturated/α-hetero) is 1. The first kappa shape index (κ1) is 15.4. The lowest BCUT2D eigenvalue weighted by atomic mass is 10.0. The summed E-state index contributed by atoms with van der Waals surface area (Å²) in [6, 6.07) is 9.77. The predicted octanol–water partition coefficient (Wildman–Crippen LogP) is 3.53. The van der Waals surface area contributed by atoms with Gasteiger partial charge in [-0.3, -0.25) is 9.78 Å². The van der Waals surface area contributed by atoms with Crippen LogP contribution in [0.1, 0.15) is 33.5 Å². The molecule has 0 amide bonds. The topological polar surface area (TPSA) is 39.2 Å². The first-order valence-electron chi connectivity index (χ1n) is 7.24. The maximum absolute atomic E-state index is 12.0. The normalized spacial score (nSPS) is 10.6. The molecule has 0 saturated carbocycles. The second-order valence-electron chi connectivity index (χ2n) is 5.23. The lowest BCUT2D eigenvalue weighted by Crippen LogP contribution is -2.10. The number of hydrogen-bond acceptors (Lipinski definition) is 3. The Balaban J connectivity index is 1.71. The molecule has 1 heterocycles. The molecule has 110 valence electrons. The Kier molecular flexibility index (Phi) is 5.64. The van der Waals surface area contributed by atoms with Crippen LogP contribution < -0.4 is 0 Å². The van der Waals surface area contributed by atoms with Gasteiger partial charge in [0.1, 0.15) is 6.61 Å². The van der Waals surface area contributed by atoms with Crippen LogP contribution >= 0.6 is 0 Å². The molecule has 0 spiro atoms. The molecule has 0 atom stereocenters. The van der Waals surface area contributed by atoms with Gasteiger partial charge in [-0.05, 0) is 61.6 Å². The lowest BCUT2D eigenvalue weighted by Gasteiger charge is -2.06. The fraction of sp³-hybridized carbons (Fsp3) is 0.333. The standard InChI is InChI=1S/C18H21NO2/c1-14-5-6-17(12-15(14)2)18(20)13-21-11-3-4-16-7-9-19-10-8-16/h5-10,12H,3-4,11,13H2,1-2H3. The van der Waals surface area contributed by atoms with Crippen LogP contribution in [0.15, 0.2) is 42.7 Å². The fourth-order valence-electron chi connectivity index (χ4n) is 2.09. The Hall–Kier alpha value is -2.00. The van der Waals surface area contributed by atoms with Crippen molar-refractivity contribution in [2.75, 3.05) is 13.2 Å². The van der Waals surface area contributed by atoms with Gasteiger partial charge in [-0.15, -0.1) is 0 Å². The van der Waals surface area contributed by atoms with Crippen LogP contribution in [0, 0.1) is 13.8 Å². The smallest absolute Gasteiger partial charge is 0.188 e. The van der Waals surface area contributed by atoms with Gasteiger partial charge in [-0.25, -0.2) is 0 Å². The molecule has 2 aromatic rings. The van der Waals surface area contributed by atoms with E-state index in [2.05, 4.69) is 4.98 Å². The van der Waals surface area contributed by atoms with Gasteiger partial charge in [0, 0.05) is 24.6 Å². The van der Waals surface area contributed by atoms with Gasteiger partial charge < -0.3 is 4.74 Å². The van der Waals surface area contributed by atoms with E-state index in [1.54, 1.807) is 12.4 Å². The zero-order valence-corrected chi connectivity index (χ0v) is 12.6. The molecular weight excluding hydrogens is 262 g/mol. The number of rotatable bonds is 7. The zero-order chi connectivity index (χ0) is 15.1. The molecule has 3 heteroatoms. The molecule has 21 heavy (non-hydrogen) atoms. The van der Waals surface area contributed by atoms with Crippen molar-refractivity contribution < 1.29 is 9.53 Å². The summed E-state index contributed by atoms with van der Waals surface area (Å²) in [5.41, 5.74) is 4.31. The average molecular weight is 283 g/mol. The highest BCUT2D eigenvalue weighted by molar-refractivity contribution is 5.97. The molecular formula is C18H21NO2. The minimum Gasteiger partial charge on any atom is -0.373 e. The summed E-state index contributed by atoms with van der Waals surface area (Å²) in [5, 5.41) is 0. The fourth-order valence-corrected chi connectivity index (χ4v) is 2.09. The average Bonchev–Trinajstić information content (AvgIpc) is 2.50. The van der Waals surface area contributed by atoms with E-state index in [1.807, 2.05) is 44.2 Å². The third kappa shape index (κ3) is 4.80. The zero-order valence-electron chi connectivity index (χ0n) is 12.6. The number of ketones is 1. The minimum absolute atomic E-state index is 0.0435. The first-order valence-corrected chi connectivity index (χ1v) is 7.24. The molecule has 3 nitrogen and oxygen atoms in total. The summed E-state index contributed by atoms with van der Waals surface area (Å²) in [5.74, 6) is 0.0435. The van der Waals surface area contributed by atoms with Crippen LogP contribution in [0.3, 0.4) is 0 Å². The third-order valence-corrected chi connectivity index (χ3v) is 3.57. The highest BCUT2D eigenvalue weighted by Crippen LogP contribution is 2.10. The van der Waals surface area contributed by atoms with Gasteiger partial charge >= 0.3 is 0 Å². The molecule has 0 N–H and O–H groups in total. The molecule has 1 aromatic heterocycles. The van der Waals surface area contributed by atoms with Gasteiger partial charge in [-0.2, -0.15) is 0 Å². The van der Waals surface area contributed by atoms with Crippen molar-refractivity contribution >= 4 is 5.78 Å². The number of carbonyl (C=O) groups is 1. The number of ether oxygens (including phenoxy) is 1. The number of benzene rings is 1. The summed E-state index contributed by atoms with van der Waals surface area (Å²) < 4.78 is 5.48. The van der Waals surface area contributed by atoms with Gasteiger partial charge in [0.05, 0.1) is 0 Å². The van der Waals surface area contributed by atoms with Crippen LogP contribution in [-0.2, 0) is 11.2 Å². The Bertz CT molecular complexity index is 593. The van der Waals surface area contributed by atoms with Crippen LogP contribution in [0.4, 0.5) is 0 Å². The molecule has 0 aliphatic carbocycles. The van der Waals surface area contributed by atoms with Crippen molar-refractivity contribution in [3.05, 3.63) is 65.0 Å². The van der Waals surface area contributed by atoms with Gasteiger partial charge in [0.15, 0.2) is 5.78 Å². The van der Waals surface area contributed by atoms with Crippen LogP contribution in [-0.4, -0.2) is 24.0 Å². The quantitative estimate of drug-likeness (QED) is 0.576. The van der Waals surface area contributed by atoms with Crippen LogP contribution in [0.2, 0.25) is 0 Å². The van der Waals surface area contributed by atoms with E-state index in [9.17, 15) is 4.79 Å². The number of aryl methyl sites for hydroxylation is 3. The van der Waals surface area contributed by atoms with E-state index in [1.165, 1.54) is 11.1 Å². The SMILES string of the molecule is Cc1ccc(C(=O)COCCCc2ccncc2)cc1C. The maximum atomic E-state index is 12.0. The first-order chi connectivity index (χ1) is 10.2. The van der Waals surface area contributed by atoms with Crippen molar-refractivity contribution in [1.82, 2.24) is 4.98 Å². The number of nitrogens with zero attached hydrogens (tertiary/aromatic N) is 1. The monoisotopic (exact) mass is 283 g/mol. The van der Waals surface area contributed by atoms with E-state index >= 15 is 0 Å². The summed E-state index contributed by atoms with van der Waals surface area (Å²) in [7, 11) is 0. The van der Waals surface area contributed by atoms with E-state index < -0.39 is 0 Å². The van der Waals surface area contributed by atoms with Gasteiger partial charge in [0.2, 0.25) is 0 Å². The minimum atomic E-state index is 0.0435. The van der Waals surface area contributed by atoms with Crippen molar-refractivity contribution in [1.29, 1.82) is 0 Å². The Morgan fingerprint density at radius 2 is 1.86 bits per heavy atom. The lowest BCUT2D eigenvalue weighted by molar-refractivity contribution is 0.0756. The molecule has 0 radical (unpaired) electrons. The molecule has 0 aliphatic rings. The Morgan fingerprint density at radius 1 is 1.10 bits per heavy atom. The van der Waals surface area contributed by atoms with Crippen molar-refractivity contribution in [2.45, 2.75) is 26.7 Å². The van der Waals surface area contributed by atoms with Gasteiger partial charge in [-0.1, -0.05) is 12.1 Å². The Morgan fingerprint density at radius 3 is 2.57 bits per heavy atom. The second-order valence-corrected chi connectivity index (χ2v) is 5.23. The molecule has 0 aliphatic heterocycles. The number of aromatic nitrogens is 1. The number of pyridine rings is 1. The van der Waals surface area contributed by atoms with Gasteiger partial charge in [0.25, 0.3) is 0 Å². The van der Waals surface area contributed by atoms with E-state index in [-0.39, 0.29) is 12.4 Å². The summed E-state index contributed by atoms with van der Waals surface area (Å²) in [6.07, 6.45) is 5.43. The molecule has 0 unspecified atom stereocenters. The summed E-state index contributed by atoms with van der Waals surface area (Å²) in [6.45, 7) is 4.80. The number of hydrogen-bond donors (Lipinski definition) is 0. The molecule has 0 saturated heterocycles. The molecule has 2 rings (SSSR count). The predicted molar refractivity (Wildman–Crippen MR) is 83.6 cm³/mol. The number of carbonyl (C=O) groups excluding carboxylic acids is 1. The van der Waals surface area contributed by atoms with Crippen molar-refractivity contribution in [2.24, 2.45) is 0 Å². The van der Waals surface area contributed by atoms with Crippen molar-refractivity contribution in [3.8, 4) is 0 Å². The van der Waals surface area contributed by atoms with E-state index in [0.29, 0.717) is 6.61 Å². The molecule has 1 aromatic carbocycles. The maximum Gasteiger partial charge on any atom is 0.188 e. The second kappa shape index (κ2) is 7.70. The Labute approximate surface area is 126 Å². The third-order valence-electron chi connectivity index (χ3n) is 3.57. The summed E-state index contributed by atoms with van der Waals surface area (Å²) >= 11 is 0. The highest BCUT2D eigenvalue weighted by Gasteiger charge is 2.06.